The minimum Gasteiger partial charge on any atom is -0.315 e. The zero-order valence-corrected chi connectivity index (χ0v) is 15.0. The highest BCUT2D eigenvalue weighted by Gasteiger charge is 2.24. The van der Waals surface area contributed by atoms with E-state index in [1.807, 2.05) is 22.8 Å². The summed E-state index contributed by atoms with van der Waals surface area (Å²) in [4.78, 5) is 18.2. The number of hydrogen-bond acceptors (Lipinski definition) is 4. The Morgan fingerprint density at radius 1 is 1.11 bits per heavy atom. The normalized spacial score (nSPS) is 12.7. The van der Waals surface area contributed by atoms with Crippen molar-refractivity contribution in [1.82, 2.24) is 24.6 Å². The van der Waals surface area contributed by atoms with E-state index in [0.29, 0.717) is 42.1 Å². The van der Waals surface area contributed by atoms with Gasteiger partial charge in [0.15, 0.2) is 5.82 Å². The molecule has 4 rings (SSSR count). The van der Waals surface area contributed by atoms with Gasteiger partial charge in [0.2, 0.25) is 5.82 Å². The van der Waals surface area contributed by atoms with Crippen LogP contribution in [0.3, 0.4) is 0 Å². The van der Waals surface area contributed by atoms with E-state index in [4.69, 9.17) is 11.6 Å². The van der Waals surface area contributed by atoms with Gasteiger partial charge in [0.05, 0.1) is 6.54 Å². The molecule has 0 radical (unpaired) electrons. The van der Waals surface area contributed by atoms with Gasteiger partial charge >= 0.3 is 6.03 Å². The lowest BCUT2D eigenvalue weighted by Crippen LogP contribution is -2.41. The number of nitrogens with one attached hydrogen (secondary N) is 1. The molecule has 3 aromatic rings. The Balaban J connectivity index is 1.47. The Bertz CT molecular complexity index is 1040. The number of hydrogen-bond donors (Lipinski definition) is 1. The zero-order chi connectivity index (χ0) is 18.6. The summed E-state index contributed by atoms with van der Waals surface area (Å²) < 4.78 is 1.93. The van der Waals surface area contributed by atoms with Crippen LogP contribution in [-0.4, -0.2) is 37.2 Å². The van der Waals surface area contributed by atoms with Gasteiger partial charge in [0.25, 0.3) is 0 Å². The third-order valence-electron chi connectivity index (χ3n) is 4.08. The number of fused-ring (bicyclic) bond motifs is 1. The van der Waals surface area contributed by atoms with Crippen molar-refractivity contribution in [3.63, 3.8) is 0 Å². The molecule has 2 aromatic heterocycles. The van der Waals surface area contributed by atoms with Crippen LogP contribution >= 0.6 is 11.6 Å². The van der Waals surface area contributed by atoms with Crippen LogP contribution in [0.15, 0.2) is 48.7 Å². The number of urea groups is 1. The minimum absolute atomic E-state index is 0.213. The van der Waals surface area contributed by atoms with Crippen LogP contribution in [0.25, 0.3) is 0 Å². The molecule has 0 aliphatic carbocycles. The van der Waals surface area contributed by atoms with Crippen molar-refractivity contribution >= 4 is 23.4 Å². The van der Waals surface area contributed by atoms with E-state index in [1.54, 1.807) is 35.4 Å². The Labute approximate surface area is 161 Å². The first-order valence-corrected chi connectivity index (χ1v) is 8.73. The fourth-order valence-electron chi connectivity index (χ4n) is 2.74. The summed E-state index contributed by atoms with van der Waals surface area (Å²) in [6.07, 6.45) is 1.63. The predicted molar refractivity (Wildman–Crippen MR) is 101 cm³/mol. The Kier molecular flexibility index (Phi) is 4.73. The number of halogens is 1. The average molecular weight is 379 g/mol. The predicted octanol–water partition coefficient (Wildman–Crippen LogP) is 2.77. The lowest BCUT2D eigenvalue weighted by Gasteiger charge is -2.27. The lowest BCUT2D eigenvalue weighted by atomic mass is 10.2. The number of pyridine rings is 1. The van der Waals surface area contributed by atoms with Crippen molar-refractivity contribution in [3.05, 3.63) is 70.9 Å². The molecule has 0 fully saturated rings. The van der Waals surface area contributed by atoms with Crippen LogP contribution in [0, 0.1) is 11.8 Å². The molecule has 0 unspecified atom stereocenters. The van der Waals surface area contributed by atoms with Crippen LogP contribution in [0.4, 0.5) is 10.6 Å². The van der Waals surface area contributed by atoms with Gasteiger partial charge in [-0.3, -0.25) is 5.32 Å². The van der Waals surface area contributed by atoms with Gasteiger partial charge in [-0.15, -0.1) is 10.2 Å². The van der Waals surface area contributed by atoms with Crippen molar-refractivity contribution < 1.29 is 4.79 Å². The third kappa shape index (κ3) is 3.91. The van der Waals surface area contributed by atoms with E-state index in [0.717, 1.165) is 5.56 Å². The first-order valence-electron chi connectivity index (χ1n) is 8.36. The molecule has 1 aliphatic rings. The van der Waals surface area contributed by atoms with Crippen molar-refractivity contribution in [3.8, 4) is 11.8 Å². The van der Waals surface area contributed by atoms with E-state index in [9.17, 15) is 4.79 Å². The summed E-state index contributed by atoms with van der Waals surface area (Å²) in [5, 5.41) is 11.7. The maximum absolute atomic E-state index is 12.4. The first-order chi connectivity index (χ1) is 13.2. The quantitative estimate of drug-likeness (QED) is 0.661. The van der Waals surface area contributed by atoms with Crippen LogP contribution in [0.5, 0.6) is 0 Å². The molecule has 1 N–H and O–H groups in total. The van der Waals surface area contributed by atoms with Gasteiger partial charge in [0, 0.05) is 29.9 Å². The standard InChI is InChI=1S/C19H15ClN6O/c20-15-5-3-4-14(12-15)7-8-17-23-24-18-13-25(10-11-26(17)18)19(27)22-16-6-1-2-9-21-16/h1-6,9,12H,10-11,13H2,(H,21,22,27). The molecule has 0 saturated heterocycles. The Morgan fingerprint density at radius 2 is 2.04 bits per heavy atom. The van der Waals surface area contributed by atoms with E-state index in [-0.39, 0.29) is 6.03 Å². The summed E-state index contributed by atoms with van der Waals surface area (Å²) >= 11 is 5.98. The van der Waals surface area contributed by atoms with E-state index in [1.165, 1.54) is 0 Å². The van der Waals surface area contributed by atoms with Gasteiger partial charge in [-0.25, -0.2) is 9.78 Å². The van der Waals surface area contributed by atoms with E-state index in [2.05, 4.69) is 32.3 Å². The number of nitrogens with zero attached hydrogens (tertiary/aromatic N) is 5. The monoisotopic (exact) mass is 378 g/mol. The van der Waals surface area contributed by atoms with Crippen molar-refractivity contribution in [2.45, 2.75) is 13.1 Å². The van der Waals surface area contributed by atoms with Gasteiger partial charge in [-0.05, 0) is 36.3 Å². The Morgan fingerprint density at radius 3 is 2.85 bits per heavy atom. The molecule has 0 saturated carbocycles. The second-order valence-corrected chi connectivity index (χ2v) is 6.35. The highest BCUT2D eigenvalue weighted by Crippen LogP contribution is 2.14. The molecule has 2 amide bonds. The SMILES string of the molecule is O=C(Nc1ccccn1)N1CCn2c(C#Cc3cccc(Cl)c3)nnc2C1. The lowest BCUT2D eigenvalue weighted by molar-refractivity contribution is 0.195. The van der Waals surface area contributed by atoms with Crippen LogP contribution in [-0.2, 0) is 13.1 Å². The number of anilines is 1. The fourth-order valence-corrected chi connectivity index (χ4v) is 2.93. The maximum Gasteiger partial charge on any atom is 0.323 e. The molecule has 3 heterocycles. The van der Waals surface area contributed by atoms with Gasteiger partial charge in [-0.2, -0.15) is 0 Å². The summed E-state index contributed by atoms with van der Waals surface area (Å²) in [5.41, 5.74) is 0.812. The number of benzene rings is 1. The van der Waals surface area contributed by atoms with Crippen molar-refractivity contribution in [2.75, 3.05) is 11.9 Å². The van der Waals surface area contributed by atoms with Gasteiger partial charge in [0.1, 0.15) is 5.82 Å². The molecule has 7 nitrogen and oxygen atoms in total. The highest BCUT2D eigenvalue weighted by atomic mass is 35.5. The van der Waals surface area contributed by atoms with Crippen LogP contribution < -0.4 is 5.32 Å². The summed E-state index contributed by atoms with van der Waals surface area (Å²) in [6, 6.07) is 12.5. The molecule has 0 bridgehead atoms. The molecule has 0 atom stereocenters. The van der Waals surface area contributed by atoms with Crippen molar-refractivity contribution in [1.29, 1.82) is 0 Å². The van der Waals surface area contributed by atoms with Crippen LogP contribution in [0.1, 0.15) is 17.2 Å². The van der Waals surface area contributed by atoms with E-state index < -0.39 is 0 Å². The minimum atomic E-state index is -0.213. The van der Waals surface area contributed by atoms with Crippen molar-refractivity contribution in [2.24, 2.45) is 0 Å². The number of aromatic nitrogens is 4. The first kappa shape index (κ1) is 17.1. The average Bonchev–Trinajstić information content (AvgIpc) is 3.09. The topological polar surface area (TPSA) is 75.9 Å². The Hall–Kier alpha value is -3.37. The molecular weight excluding hydrogens is 364 g/mol. The third-order valence-corrected chi connectivity index (χ3v) is 4.32. The smallest absolute Gasteiger partial charge is 0.315 e. The highest BCUT2D eigenvalue weighted by molar-refractivity contribution is 6.30. The van der Waals surface area contributed by atoms with Gasteiger partial charge in [-0.1, -0.05) is 29.7 Å². The summed E-state index contributed by atoms with van der Waals surface area (Å²) in [6.45, 7) is 1.48. The molecule has 0 spiro atoms. The summed E-state index contributed by atoms with van der Waals surface area (Å²) in [7, 11) is 0. The number of carbonyl (C=O) groups excluding carboxylic acids is 1. The number of rotatable bonds is 1. The molecule has 8 heteroatoms. The molecule has 1 aromatic carbocycles. The molecule has 27 heavy (non-hydrogen) atoms. The second-order valence-electron chi connectivity index (χ2n) is 5.92. The van der Waals surface area contributed by atoms with Gasteiger partial charge < -0.3 is 9.47 Å². The molecular formula is C19H15ClN6O. The largest absolute Gasteiger partial charge is 0.323 e. The number of carbonyl (C=O) groups is 1. The maximum atomic E-state index is 12.4. The number of amides is 2. The molecule has 1 aliphatic heterocycles. The molecule has 134 valence electrons. The zero-order valence-electron chi connectivity index (χ0n) is 14.3. The fraction of sp³-hybridized carbons (Fsp3) is 0.158. The second kappa shape index (κ2) is 7.48. The van der Waals surface area contributed by atoms with Crippen LogP contribution in [0.2, 0.25) is 5.02 Å². The summed E-state index contributed by atoms with van der Waals surface area (Å²) in [5.74, 6) is 7.87. The van der Waals surface area contributed by atoms with E-state index >= 15 is 0 Å².